The Bertz CT molecular complexity index is 436. The Balaban J connectivity index is 2.30. The second-order valence-corrected chi connectivity index (χ2v) is 6.64. The van der Waals surface area contributed by atoms with Crippen molar-refractivity contribution in [2.75, 3.05) is 26.2 Å². The number of nitrogens with zero attached hydrogens (tertiary/aromatic N) is 1. The van der Waals surface area contributed by atoms with E-state index in [0.29, 0.717) is 25.7 Å². The lowest BCUT2D eigenvalue weighted by atomic mass is 10.2. The van der Waals surface area contributed by atoms with Gasteiger partial charge in [0.1, 0.15) is 0 Å². The van der Waals surface area contributed by atoms with Crippen LogP contribution in [0.2, 0.25) is 0 Å². The summed E-state index contributed by atoms with van der Waals surface area (Å²) in [6.45, 7) is 9.84. The van der Waals surface area contributed by atoms with Crippen LogP contribution in [0.5, 0.6) is 0 Å². The summed E-state index contributed by atoms with van der Waals surface area (Å²) in [5.41, 5.74) is 0. The third-order valence-corrected chi connectivity index (χ3v) is 4.27. The van der Waals surface area contributed by atoms with E-state index < -0.39 is 0 Å². The van der Waals surface area contributed by atoms with E-state index in [1.54, 1.807) is 0 Å². The Morgan fingerprint density at radius 1 is 0.923 bits per heavy atom. The molecule has 0 bridgehead atoms. The molecule has 0 radical (unpaired) electrons. The molecule has 6 heteroatoms. The number of imide groups is 1. The lowest BCUT2D eigenvalue weighted by Gasteiger charge is -2.22. The second-order valence-electron chi connectivity index (χ2n) is 6.64. The summed E-state index contributed by atoms with van der Waals surface area (Å²) in [7, 11) is 0. The van der Waals surface area contributed by atoms with Gasteiger partial charge in [0.25, 0.3) is 0 Å². The summed E-state index contributed by atoms with van der Waals surface area (Å²) in [5.74, 6) is 0. The third-order valence-electron chi connectivity index (χ3n) is 4.27. The van der Waals surface area contributed by atoms with Gasteiger partial charge >= 0.3 is 12.1 Å². The maximum absolute atomic E-state index is 12.4. The first-order chi connectivity index (χ1) is 12.7. The predicted molar refractivity (Wildman–Crippen MR) is 105 cm³/mol. The van der Waals surface area contributed by atoms with Crippen molar-refractivity contribution in [2.24, 2.45) is 0 Å². The first-order valence-corrected chi connectivity index (χ1v) is 9.85. The van der Waals surface area contributed by atoms with E-state index in [9.17, 15) is 9.59 Å². The van der Waals surface area contributed by atoms with Crippen molar-refractivity contribution in [3.63, 3.8) is 0 Å². The van der Waals surface area contributed by atoms with Crippen LogP contribution in [-0.4, -0.2) is 49.3 Å². The lowest BCUT2D eigenvalue weighted by Crippen LogP contribution is -2.49. The van der Waals surface area contributed by atoms with Gasteiger partial charge in [-0.25, -0.2) is 14.5 Å². The number of hydrogen-bond acceptors (Lipinski definition) is 3. The van der Waals surface area contributed by atoms with Crippen LogP contribution in [-0.2, 0) is 4.74 Å². The van der Waals surface area contributed by atoms with Crippen LogP contribution in [0.3, 0.4) is 0 Å². The summed E-state index contributed by atoms with van der Waals surface area (Å²) >= 11 is 0. The minimum absolute atomic E-state index is 0.310. The molecule has 1 atom stereocenters. The fraction of sp³-hybridized carbons (Fsp3) is 0.700. The number of ether oxygens (including phenoxy) is 1. The fourth-order valence-corrected chi connectivity index (χ4v) is 2.58. The number of carbonyl (C=O) groups excluding carboxylic acids is 2. The Morgan fingerprint density at radius 2 is 1.46 bits per heavy atom. The summed E-state index contributed by atoms with van der Waals surface area (Å²) in [4.78, 5) is 26.0. The highest BCUT2D eigenvalue weighted by Crippen LogP contribution is 2.16. The highest BCUT2D eigenvalue weighted by Gasteiger charge is 2.22. The van der Waals surface area contributed by atoms with Crippen LogP contribution in [0.4, 0.5) is 9.59 Å². The molecule has 148 valence electrons. The van der Waals surface area contributed by atoms with E-state index in [4.69, 9.17) is 4.74 Å². The molecule has 0 aromatic rings. The number of carbonyl (C=O) groups is 2. The van der Waals surface area contributed by atoms with E-state index in [1.165, 1.54) is 4.90 Å². The van der Waals surface area contributed by atoms with Crippen LogP contribution >= 0.6 is 0 Å². The van der Waals surface area contributed by atoms with E-state index in [0.717, 1.165) is 64.4 Å². The van der Waals surface area contributed by atoms with Gasteiger partial charge in [-0.3, -0.25) is 0 Å². The van der Waals surface area contributed by atoms with E-state index >= 15 is 0 Å². The predicted octanol–water partition coefficient (Wildman–Crippen LogP) is 3.99. The number of epoxide rings is 1. The molecule has 1 heterocycles. The molecule has 0 aromatic carbocycles. The van der Waals surface area contributed by atoms with Crippen molar-refractivity contribution in [1.29, 1.82) is 0 Å². The van der Waals surface area contributed by atoms with Crippen LogP contribution in [0.25, 0.3) is 0 Å². The first-order valence-electron chi connectivity index (χ1n) is 9.85. The molecule has 2 N–H and O–H groups in total. The standard InChI is InChI=1S/C20H35N3O3/c1-3-5-7-10-14-21-19(24)23(16-12-8-6-4-2)20(25)22-15-11-9-13-18-17-26-18/h3-4,18H,1-2,5-17H2,(H,21,24)(H,22,25). The lowest BCUT2D eigenvalue weighted by molar-refractivity contribution is 0.184. The smallest absolute Gasteiger partial charge is 0.325 e. The van der Waals surface area contributed by atoms with Gasteiger partial charge in [-0.1, -0.05) is 12.2 Å². The molecule has 1 saturated heterocycles. The highest BCUT2D eigenvalue weighted by atomic mass is 16.6. The number of nitrogens with one attached hydrogen (secondary N) is 2. The largest absolute Gasteiger partial charge is 0.373 e. The second kappa shape index (κ2) is 14.4. The monoisotopic (exact) mass is 365 g/mol. The molecule has 6 nitrogen and oxygen atoms in total. The molecule has 1 aliphatic rings. The number of amides is 4. The third kappa shape index (κ3) is 10.9. The first kappa shape index (κ1) is 22.2. The van der Waals surface area contributed by atoms with E-state index in [1.807, 2.05) is 12.2 Å². The van der Waals surface area contributed by atoms with Crippen molar-refractivity contribution < 1.29 is 14.3 Å². The molecule has 1 fully saturated rings. The molecule has 1 rings (SSSR count). The van der Waals surface area contributed by atoms with Gasteiger partial charge in [0.15, 0.2) is 0 Å². The molecule has 4 amide bonds. The van der Waals surface area contributed by atoms with E-state index in [-0.39, 0.29) is 12.1 Å². The molecular weight excluding hydrogens is 330 g/mol. The van der Waals surface area contributed by atoms with Gasteiger partial charge in [-0.2, -0.15) is 0 Å². The Kier molecular flexibility index (Phi) is 12.3. The minimum Gasteiger partial charge on any atom is -0.373 e. The van der Waals surface area contributed by atoms with Crippen molar-refractivity contribution in [2.45, 2.75) is 63.9 Å². The van der Waals surface area contributed by atoms with Crippen LogP contribution in [0.1, 0.15) is 57.8 Å². The quantitative estimate of drug-likeness (QED) is 0.262. The molecule has 0 spiro atoms. The van der Waals surface area contributed by atoms with Gasteiger partial charge in [0.2, 0.25) is 0 Å². The van der Waals surface area contributed by atoms with Crippen LogP contribution < -0.4 is 10.6 Å². The average Bonchev–Trinajstić information content (AvgIpc) is 3.45. The molecule has 1 aliphatic heterocycles. The zero-order chi connectivity index (χ0) is 19.0. The van der Waals surface area contributed by atoms with Gasteiger partial charge in [-0.15, -0.1) is 13.2 Å². The van der Waals surface area contributed by atoms with Gasteiger partial charge in [-0.05, 0) is 57.8 Å². The molecule has 0 aromatic heterocycles. The molecule has 0 saturated carbocycles. The van der Waals surface area contributed by atoms with Crippen LogP contribution in [0, 0.1) is 0 Å². The van der Waals surface area contributed by atoms with Gasteiger partial charge in [0, 0.05) is 19.6 Å². The van der Waals surface area contributed by atoms with Crippen molar-refractivity contribution in [3.8, 4) is 0 Å². The Labute approximate surface area is 158 Å². The molecule has 1 unspecified atom stereocenters. The summed E-state index contributed by atoms with van der Waals surface area (Å²) in [6.07, 6.45) is 12.5. The van der Waals surface area contributed by atoms with Gasteiger partial charge < -0.3 is 15.4 Å². The normalized spacial score (nSPS) is 15.2. The summed E-state index contributed by atoms with van der Waals surface area (Å²) in [5, 5.41) is 5.70. The molecule has 0 aliphatic carbocycles. The fourth-order valence-electron chi connectivity index (χ4n) is 2.58. The number of hydrogen-bond donors (Lipinski definition) is 2. The molecular formula is C20H35N3O3. The maximum Gasteiger partial charge on any atom is 0.325 e. The summed E-state index contributed by atoms with van der Waals surface area (Å²) in [6, 6.07) is -0.624. The zero-order valence-electron chi connectivity index (χ0n) is 16.0. The zero-order valence-corrected chi connectivity index (χ0v) is 16.0. The SMILES string of the molecule is C=CCCCCNC(=O)N(CCCCC=C)C(=O)NCCCCC1CO1. The number of rotatable bonds is 15. The highest BCUT2D eigenvalue weighted by molar-refractivity contribution is 5.93. The minimum atomic E-state index is -0.314. The Morgan fingerprint density at radius 3 is 2.00 bits per heavy atom. The number of urea groups is 2. The van der Waals surface area contributed by atoms with Crippen molar-refractivity contribution in [3.05, 3.63) is 25.3 Å². The average molecular weight is 366 g/mol. The van der Waals surface area contributed by atoms with Crippen LogP contribution in [0.15, 0.2) is 25.3 Å². The Hall–Kier alpha value is -1.82. The number of allylic oxidation sites excluding steroid dienone is 2. The van der Waals surface area contributed by atoms with Crippen molar-refractivity contribution >= 4 is 12.1 Å². The summed E-state index contributed by atoms with van der Waals surface area (Å²) < 4.78 is 5.17. The van der Waals surface area contributed by atoms with Crippen molar-refractivity contribution in [1.82, 2.24) is 15.5 Å². The molecule has 26 heavy (non-hydrogen) atoms. The van der Waals surface area contributed by atoms with Gasteiger partial charge in [0.05, 0.1) is 12.7 Å². The maximum atomic E-state index is 12.4. The van der Waals surface area contributed by atoms with E-state index in [2.05, 4.69) is 23.8 Å². The topological polar surface area (TPSA) is 74.0 Å². The number of unbranched alkanes of at least 4 members (excludes halogenated alkanes) is 5.